The summed E-state index contributed by atoms with van der Waals surface area (Å²) in [5.41, 5.74) is 1.23. The van der Waals surface area contributed by atoms with Gasteiger partial charge in [-0.05, 0) is 25.0 Å². The van der Waals surface area contributed by atoms with Crippen LogP contribution in [0.2, 0.25) is 0 Å². The molecule has 0 aliphatic heterocycles. The molecule has 0 spiro atoms. The molecule has 0 aliphatic carbocycles. The average molecular weight is 407 g/mol. The first-order valence-electron chi connectivity index (χ1n) is 9.98. The highest BCUT2D eigenvalue weighted by molar-refractivity contribution is 5.88. The Morgan fingerprint density at radius 3 is 2.43 bits per heavy atom. The number of hydrogen-bond donors (Lipinski definition) is 2. The number of carbonyl (C=O) groups excluding carboxylic acids is 2. The maximum atomic E-state index is 12.4. The highest BCUT2D eigenvalue weighted by Crippen LogP contribution is 2.18. The molecule has 7 heteroatoms. The third-order valence-electron chi connectivity index (χ3n) is 5.05. The Balaban J connectivity index is 1.57. The topological polar surface area (TPSA) is 101 Å². The lowest BCUT2D eigenvalue weighted by Gasteiger charge is -2.18. The van der Waals surface area contributed by atoms with Crippen LogP contribution in [0.3, 0.4) is 0 Å². The summed E-state index contributed by atoms with van der Waals surface area (Å²) in [5, 5.41) is 10.2. The molecule has 0 fully saturated rings. The number of amides is 1. The van der Waals surface area contributed by atoms with Crippen molar-refractivity contribution in [2.45, 2.75) is 38.7 Å². The SMILES string of the molecule is CC[C@@H](CNC(=O)[C@@H](C)OC(=O)Cc1n[nH]c(=O)c2ccccc12)c1ccccc1. The van der Waals surface area contributed by atoms with Gasteiger partial charge >= 0.3 is 5.97 Å². The lowest BCUT2D eigenvalue weighted by atomic mass is 9.96. The normalized spacial score (nSPS) is 12.9. The van der Waals surface area contributed by atoms with E-state index in [2.05, 4.69) is 22.4 Å². The van der Waals surface area contributed by atoms with Crippen molar-refractivity contribution in [1.29, 1.82) is 0 Å². The largest absolute Gasteiger partial charge is 0.452 e. The van der Waals surface area contributed by atoms with Gasteiger partial charge in [-0.1, -0.05) is 55.5 Å². The highest BCUT2D eigenvalue weighted by Gasteiger charge is 2.20. The summed E-state index contributed by atoms with van der Waals surface area (Å²) in [7, 11) is 0. The Hall–Kier alpha value is -3.48. The van der Waals surface area contributed by atoms with E-state index in [9.17, 15) is 14.4 Å². The number of H-pyrrole nitrogens is 1. The quantitative estimate of drug-likeness (QED) is 0.559. The second-order valence-electron chi connectivity index (χ2n) is 7.11. The number of aromatic amines is 1. The van der Waals surface area contributed by atoms with E-state index in [4.69, 9.17) is 4.74 Å². The summed E-state index contributed by atoms with van der Waals surface area (Å²) in [6, 6.07) is 16.9. The maximum absolute atomic E-state index is 12.4. The monoisotopic (exact) mass is 407 g/mol. The lowest BCUT2D eigenvalue weighted by molar-refractivity contribution is -0.154. The van der Waals surface area contributed by atoms with E-state index in [1.165, 1.54) is 6.92 Å². The fraction of sp³-hybridized carbons (Fsp3) is 0.304. The van der Waals surface area contributed by atoms with Gasteiger partial charge in [0.1, 0.15) is 0 Å². The third kappa shape index (κ3) is 5.11. The van der Waals surface area contributed by atoms with Crippen molar-refractivity contribution in [3.05, 3.63) is 76.2 Å². The van der Waals surface area contributed by atoms with Gasteiger partial charge < -0.3 is 10.1 Å². The molecule has 3 rings (SSSR count). The van der Waals surface area contributed by atoms with Crippen LogP contribution in [0.5, 0.6) is 0 Å². The van der Waals surface area contributed by atoms with Crippen LogP contribution in [-0.2, 0) is 20.7 Å². The van der Waals surface area contributed by atoms with Gasteiger partial charge in [0.15, 0.2) is 6.10 Å². The Morgan fingerprint density at radius 2 is 1.73 bits per heavy atom. The number of benzene rings is 2. The highest BCUT2D eigenvalue weighted by atomic mass is 16.5. The van der Waals surface area contributed by atoms with Crippen molar-refractivity contribution in [1.82, 2.24) is 15.5 Å². The number of nitrogens with one attached hydrogen (secondary N) is 2. The first-order valence-corrected chi connectivity index (χ1v) is 9.98. The molecule has 0 bridgehead atoms. The number of ether oxygens (including phenoxy) is 1. The summed E-state index contributed by atoms with van der Waals surface area (Å²) < 4.78 is 5.28. The van der Waals surface area contributed by atoms with Gasteiger partial charge in [0, 0.05) is 17.8 Å². The Labute approximate surface area is 174 Å². The minimum atomic E-state index is -0.931. The van der Waals surface area contributed by atoms with Crippen molar-refractivity contribution in [2.75, 3.05) is 6.54 Å². The second kappa shape index (κ2) is 9.82. The van der Waals surface area contributed by atoms with Crippen molar-refractivity contribution < 1.29 is 14.3 Å². The fourth-order valence-corrected chi connectivity index (χ4v) is 3.33. The van der Waals surface area contributed by atoms with Gasteiger partial charge in [0.25, 0.3) is 11.5 Å². The Kier molecular flexibility index (Phi) is 6.95. The van der Waals surface area contributed by atoms with Crippen LogP contribution in [0.4, 0.5) is 0 Å². The molecule has 0 unspecified atom stereocenters. The molecule has 3 aromatic rings. The number of esters is 1. The third-order valence-corrected chi connectivity index (χ3v) is 5.05. The first kappa shape index (κ1) is 21.2. The number of carbonyl (C=O) groups is 2. The molecule has 0 aliphatic rings. The molecule has 1 heterocycles. The average Bonchev–Trinajstić information content (AvgIpc) is 2.77. The lowest BCUT2D eigenvalue weighted by Crippen LogP contribution is -2.38. The van der Waals surface area contributed by atoms with Gasteiger partial charge in [-0.15, -0.1) is 0 Å². The van der Waals surface area contributed by atoms with Crippen molar-refractivity contribution in [2.24, 2.45) is 0 Å². The second-order valence-corrected chi connectivity index (χ2v) is 7.11. The first-order chi connectivity index (χ1) is 14.5. The van der Waals surface area contributed by atoms with Gasteiger partial charge in [-0.2, -0.15) is 5.10 Å². The van der Waals surface area contributed by atoms with Crippen LogP contribution in [-0.4, -0.2) is 34.7 Å². The van der Waals surface area contributed by atoms with Crippen molar-refractivity contribution >= 4 is 22.6 Å². The number of rotatable bonds is 8. The predicted molar refractivity (Wildman–Crippen MR) is 114 cm³/mol. The molecular formula is C23H25N3O4. The maximum Gasteiger partial charge on any atom is 0.312 e. The molecule has 0 saturated carbocycles. The van der Waals surface area contributed by atoms with E-state index in [-0.39, 0.29) is 23.8 Å². The zero-order chi connectivity index (χ0) is 21.5. The molecule has 1 aromatic heterocycles. The van der Waals surface area contributed by atoms with Crippen LogP contribution >= 0.6 is 0 Å². The number of fused-ring (bicyclic) bond motifs is 1. The van der Waals surface area contributed by atoms with Crippen molar-refractivity contribution in [3.63, 3.8) is 0 Å². The van der Waals surface area contributed by atoms with Crippen LogP contribution in [0.25, 0.3) is 10.8 Å². The van der Waals surface area contributed by atoms with E-state index in [1.807, 2.05) is 30.3 Å². The number of hydrogen-bond acceptors (Lipinski definition) is 5. The van der Waals surface area contributed by atoms with E-state index >= 15 is 0 Å². The van der Waals surface area contributed by atoms with E-state index in [0.717, 1.165) is 12.0 Å². The molecule has 0 radical (unpaired) electrons. The van der Waals surface area contributed by atoms with Crippen LogP contribution in [0, 0.1) is 0 Å². The van der Waals surface area contributed by atoms with Gasteiger partial charge in [0.05, 0.1) is 17.5 Å². The molecule has 2 N–H and O–H groups in total. The van der Waals surface area contributed by atoms with Crippen LogP contribution in [0.1, 0.15) is 37.4 Å². The van der Waals surface area contributed by atoms with Crippen LogP contribution < -0.4 is 10.9 Å². The molecule has 2 atom stereocenters. The summed E-state index contributed by atoms with van der Waals surface area (Å²) in [6.07, 6.45) is -0.195. The number of nitrogens with zero attached hydrogens (tertiary/aromatic N) is 1. The predicted octanol–water partition coefficient (Wildman–Crippen LogP) is 2.71. The Bertz CT molecular complexity index is 1080. The number of aromatic nitrogens is 2. The van der Waals surface area contributed by atoms with E-state index in [0.29, 0.717) is 23.0 Å². The summed E-state index contributed by atoms with van der Waals surface area (Å²) >= 11 is 0. The van der Waals surface area contributed by atoms with Gasteiger partial charge in [0.2, 0.25) is 0 Å². The fourth-order valence-electron chi connectivity index (χ4n) is 3.33. The van der Waals surface area contributed by atoms with Crippen LogP contribution in [0.15, 0.2) is 59.4 Å². The van der Waals surface area contributed by atoms with E-state index in [1.54, 1.807) is 24.3 Å². The van der Waals surface area contributed by atoms with Gasteiger partial charge in [-0.3, -0.25) is 14.4 Å². The molecule has 1 amide bonds. The smallest absolute Gasteiger partial charge is 0.312 e. The van der Waals surface area contributed by atoms with E-state index < -0.39 is 12.1 Å². The zero-order valence-electron chi connectivity index (χ0n) is 17.1. The summed E-state index contributed by atoms with van der Waals surface area (Å²) in [6.45, 7) is 4.07. The molecule has 0 saturated heterocycles. The van der Waals surface area contributed by atoms with Crippen molar-refractivity contribution in [3.8, 4) is 0 Å². The summed E-state index contributed by atoms with van der Waals surface area (Å²) in [4.78, 5) is 36.6. The molecule has 7 nitrogen and oxygen atoms in total. The van der Waals surface area contributed by atoms with Gasteiger partial charge in [-0.25, -0.2) is 5.10 Å². The summed E-state index contributed by atoms with van der Waals surface area (Å²) in [5.74, 6) is -0.746. The molecular weight excluding hydrogens is 382 g/mol. The minimum Gasteiger partial charge on any atom is -0.452 e. The zero-order valence-corrected chi connectivity index (χ0v) is 17.1. The molecule has 30 heavy (non-hydrogen) atoms. The molecule has 2 aromatic carbocycles. The minimum absolute atomic E-state index is 0.142. The standard InChI is InChI=1S/C23H25N3O4/c1-3-16(17-9-5-4-6-10-17)14-24-22(28)15(2)30-21(27)13-20-18-11-7-8-12-19(18)23(29)26-25-20/h4-12,15-16H,3,13-14H2,1-2H3,(H,24,28)(H,26,29)/t15-,16+/m1/s1. The Morgan fingerprint density at radius 1 is 1.07 bits per heavy atom. The molecule has 156 valence electrons.